The number of hydrogen-bond donors (Lipinski definition) is 1. The Hall–Kier alpha value is -1.39. The Morgan fingerprint density at radius 2 is 1.93 bits per heavy atom. The first kappa shape index (κ1) is 20.9. The molecule has 1 aliphatic carbocycles. The highest BCUT2D eigenvalue weighted by Gasteiger charge is 2.41. The third-order valence-electron chi connectivity index (χ3n) is 7.46. The normalized spacial score (nSPS) is 26.2. The number of ether oxygens (including phenoxy) is 1. The first-order valence-corrected chi connectivity index (χ1v) is 11.8. The predicted molar refractivity (Wildman–Crippen MR) is 117 cm³/mol. The van der Waals surface area contributed by atoms with Gasteiger partial charge in [0.25, 0.3) is 0 Å². The fourth-order valence-corrected chi connectivity index (χ4v) is 5.62. The molecule has 0 bridgehead atoms. The number of rotatable bonds is 5. The quantitative estimate of drug-likeness (QED) is 0.805. The van der Waals surface area contributed by atoms with Crippen molar-refractivity contribution in [2.24, 2.45) is 5.41 Å². The molecule has 1 aromatic carbocycles. The molecule has 1 amide bonds. The van der Waals surface area contributed by atoms with Gasteiger partial charge in [-0.3, -0.25) is 4.79 Å². The summed E-state index contributed by atoms with van der Waals surface area (Å²) in [4.78, 5) is 15.9. The zero-order chi connectivity index (χ0) is 20.1. The average molecular weight is 399 g/mol. The molecule has 1 saturated carbocycles. The van der Waals surface area contributed by atoms with Crippen LogP contribution < -0.4 is 5.32 Å². The van der Waals surface area contributed by atoms with Gasteiger partial charge in [-0.15, -0.1) is 0 Å². The van der Waals surface area contributed by atoms with Gasteiger partial charge in [0.05, 0.1) is 5.41 Å². The Labute approximate surface area is 176 Å². The molecule has 4 heteroatoms. The third-order valence-corrected chi connectivity index (χ3v) is 7.46. The lowest BCUT2D eigenvalue weighted by Gasteiger charge is -2.38. The molecule has 1 atom stereocenters. The van der Waals surface area contributed by atoms with Crippen LogP contribution in [0.4, 0.5) is 0 Å². The van der Waals surface area contributed by atoms with Gasteiger partial charge in [0.15, 0.2) is 0 Å². The molecule has 2 aliphatic heterocycles. The van der Waals surface area contributed by atoms with E-state index >= 15 is 0 Å². The lowest BCUT2D eigenvalue weighted by Crippen LogP contribution is -2.49. The number of piperidine rings is 1. The fourth-order valence-electron chi connectivity index (χ4n) is 5.62. The Morgan fingerprint density at radius 3 is 2.69 bits per heavy atom. The van der Waals surface area contributed by atoms with Crippen LogP contribution in [-0.4, -0.2) is 50.2 Å². The Balaban J connectivity index is 1.49. The number of nitrogens with zero attached hydrogens (tertiary/aromatic N) is 1. The van der Waals surface area contributed by atoms with Gasteiger partial charge in [0, 0.05) is 25.8 Å². The van der Waals surface area contributed by atoms with E-state index in [4.69, 9.17) is 4.74 Å². The van der Waals surface area contributed by atoms with Gasteiger partial charge < -0.3 is 15.0 Å². The molecule has 29 heavy (non-hydrogen) atoms. The fraction of sp³-hybridized carbons (Fsp3) is 0.720. The molecule has 3 aliphatic rings. The number of carbonyl (C=O) groups is 1. The number of likely N-dealkylation sites (tertiary alicyclic amines) is 1. The van der Waals surface area contributed by atoms with Crippen LogP contribution in [0.3, 0.4) is 0 Å². The molecule has 1 aromatic rings. The summed E-state index contributed by atoms with van der Waals surface area (Å²) in [6.45, 7) is 3.75. The van der Waals surface area contributed by atoms with Crippen molar-refractivity contribution in [2.45, 2.75) is 76.2 Å². The first-order chi connectivity index (χ1) is 14.1. The van der Waals surface area contributed by atoms with E-state index in [0.29, 0.717) is 25.2 Å². The molecule has 160 valence electrons. The van der Waals surface area contributed by atoms with Crippen LogP contribution in [-0.2, 0) is 16.0 Å². The molecule has 1 unspecified atom stereocenters. The molecule has 0 aromatic heterocycles. The lowest BCUT2D eigenvalue weighted by molar-refractivity contribution is -0.137. The van der Waals surface area contributed by atoms with E-state index in [-0.39, 0.29) is 11.3 Å². The van der Waals surface area contributed by atoms with Crippen molar-refractivity contribution in [1.29, 1.82) is 0 Å². The molecule has 3 fully saturated rings. The van der Waals surface area contributed by atoms with E-state index in [0.717, 1.165) is 38.6 Å². The smallest absolute Gasteiger partial charge is 0.226 e. The highest BCUT2D eigenvalue weighted by Crippen LogP contribution is 2.36. The highest BCUT2D eigenvalue weighted by atomic mass is 16.5. The van der Waals surface area contributed by atoms with E-state index in [1.54, 1.807) is 0 Å². The van der Waals surface area contributed by atoms with Gasteiger partial charge in [0.2, 0.25) is 5.91 Å². The van der Waals surface area contributed by atoms with Crippen molar-refractivity contribution in [3.8, 4) is 0 Å². The summed E-state index contributed by atoms with van der Waals surface area (Å²) in [5.41, 5.74) is 2.46. The van der Waals surface area contributed by atoms with Crippen molar-refractivity contribution in [2.75, 3.05) is 33.4 Å². The maximum Gasteiger partial charge on any atom is 0.226 e. The number of likely N-dealkylation sites (N-methyl/N-ethyl adjacent to an activating group) is 1. The Bertz CT molecular complexity index is 677. The number of carbonyl (C=O) groups excluding carboxylic acids is 1. The number of nitrogens with one attached hydrogen (secondary N) is 1. The minimum absolute atomic E-state index is 0.274. The van der Waals surface area contributed by atoms with Gasteiger partial charge in [-0.2, -0.15) is 0 Å². The monoisotopic (exact) mass is 398 g/mol. The van der Waals surface area contributed by atoms with Crippen molar-refractivity contribution >= 4 is 5.91 Å². The van der Waals surface area contributed by atoms with E-state index in [1.165, 1.54) is 49.8 Å². The molecule has 4 rings (SSSR count). The molecule has 2 heterocycles. The van der Waals surface area contributed by atoms with E-state index < -0.39 is 0 Å². The zero-order valence-electron chi connectivity index (χ0n) is 18.1. The maximum absolute atomic E-state index is 13.4. The standard InChI is InChI=1S/C25H38N2O2/c1-27-14-6-9-22(19-27)21-8-5-7-20(17-21)18-25(12-15-29-16-13-25)24(28)26-23-10-3-2-4-11-23/h5,7-8,17,22-23H,2-4,6,9-16,18-19H2,1H3,(H,26,28). The summed E-state index contributed by atoms with van der Waals surface area (Å²) < 4.78 is 5.65. The summed E-state index contributed by atoms with van der Waals surface area (Å²) >= 11 is 0. The third kappa shape index (κ3) is 5.21. The molecule has 4 nitrogen and oxygen atoms in total. The van der Waals surface area contributed by atoms with Gasteiger partial charge in [0.1, 0.15) is 0 Å². The van der Waals surface area contributed by atoms with Gasteiger partial charge in [-0.05, 0) is 75.6 Å². The van der Waals surface area contributed by atoms with Crippen molar-refractivity contribution < 1.29 is 9.53 Å². The SMILES string of the molecule is CN1CCCC(c2cccc(CC3(C(=O)NC4CCCCC4)CCOCC3)c2)C1. The second-order valence-electron chi connectivity index (χ2n) is 9.72. The number of amides is 1. The first-order valence-electron chi connectivity index (χ1n) is 11.8. The summed E-state index contributed by atoms with van der Waals surface area (Å²) in [7, 11) is 2.22. The van der Waals surface area contributed by atoms with Crippen LogP contribution in [0.15, 0.2) is 24.3 Å². The van der Waals surface area contributed by atoms with Gasteiger partial charge >= 0.3 is 0 Å². The van der Waals surface area contributed by atoms with Gasteiger partial charge in [-0.25, -0.2) is 0 Å². The van der Waals surface area contributed by atoms with Crippen molar-refractivity contribution in [3.05, 3.63) is 35.4 Å². The molecule has 0 radical (unpaired) electrons. The Kier molecular flexibility index (Phi) is 6.92. The summed E-state index contributed by atoms with van der Waals surface area (Å²) in [5.74, 6) is 0.894. The van der Waals surface area contributed by atoms with E-state index in [1.807, 2.05) is 0 Å². The van der Waals surface area contributed by atoms with Crippen molar-refractivity contribution in [3.63, 3.8) is 0 Å². The number of benzene rings is 1. The van der Waals surface area contributed by atoms with Crippen LogP contribution in [0.5, 0.6) is 0 Å². The Morgan fingerprint density at radius 1 is 1.14 bits per heavy atom. The second kappa shape index (κ2) is 9.61. The molecular formula is C25H38N2O2. The summed E-state index contributed by atoms with van der Waals surface area (Å²) in [5, 5.41) is 3.43. The van der Waals surface area contributed by atoms with E-state index in [9.17, 15) is 4.79 Å². The predicted octanol–water partition coefficient (Wildman–Crippen LogP) is 4.28. The van der Waals surface area contributed by atoms with Crippen LogP contribution in [0.1, 0.15) is 74.8 Å². The van der Waals surface area contributed by atoms with Crippen LogP contribution in [0.25, 0.3) is 0 Å². The molecular weight excluding hydrogens is 360 g/mol. The minimum Gasteiger partial charge on any atom is -0.381 e. The largest absolute Gasteiger partial charge is 0.381 e. The topological polar surface area (TPSA) is 41.6 Å². The minimum atomic E-state index is -0.308. The lowest BCUT2D eigenvalue weighted by atomic mass is 9.73. The highest BCUT2D eigenvalue weighted by molar-refractivity contribution is 5.83. The average Bonchev–Trinajstić information content (AvgIpc) is 2.75. The molecule has 1 N–H and O–H groups in total. The van der Waals surface area contributed by atoms with Gasteiger partial charge in [-0.1, -0.05) is 43.5 Å². The molecule has 0 spiro atoms. The van der Waals surface area contributed by atoms with Crippen molar-refractivity contribution in [1.82, 2.24) is 10.2 Å². The molecule has 2 saturated heterocycles. The maximum atomic E-state index is 13.4. The summed E-state index contributed by atoms with van der Waals surface area (Å²) in [6.07, 6.45) is 11.2. The van der Waals surface area contributed by atoms with Crippen LogP contribution in [0, 0.1) is 5.41 Å². The number of hydrogen-bond acceptors (Lipinski definition) is 3. The van der Waals surface area contributed by atoms with Crippen LogP contribution in [0.2, 0.25) is 0 Å². The zero-order valence-corrected chi connectivity index (χ0v) is 18.1. The van der Waals surface area contributed by atoms with Crippen LogP contribution >= 0.6 is 0 Å². The summed E-state index contributed by atoms with van der Waals surface area (Å²) in [6, 6.07) is 9.47. The van der Waals surface area contributed by atoms with E-state index in [2.05, 4.69) is 41.5 Å². The second-order valence-corrected chi connectivity index (χ2v) is 9.72.